The van der Waals surface area contributed by atoms with Crippen molar-refractivity contribution in [3.05, 3.63) is 170 Å². The van der Waals surface area contributed by atoms with Crippen molar-refractivity contribution in [1.82, 2.24) is 9.97 Å². The molecule has 2 aromatic heterocycles. The van der Waals surface area contributed by atoms with Crippen LogP contribution in [-0.4, -0.2) is 9.97 Å². The number of hydrogen-bond acceptors (Lipinski definition) is 3. The number of aromatic nitrogens is 2. The van der Waals surface area contributed by atoms with E-state index in [1.165, 1.54) is 6.07 Å². The van der Waals surface area contributed by atoms with Crippen LogP contribution in [0.1, 0.15) is 13.7 Å². The van der Waals surface area contributed by atoms with Gasteiger partial charge in [-0.2, -0.15) is 0 Å². The first-order chi connectivity index (χ1) is 28.4. The zero-order valence-electron chi connectivity index (χ0n) is 35.7. The Bertz CT molecular complexity index is 3390. The summed E-state index contributed by atoms with van der Waals surface area (Å²) in [5.74, 6) is -0.189. The van der Waals surface area contributed by atoms with Crippen LogP contribution in [-0.2, 0) is 0 Å². The number of benzene rings is 8. The van der Waals surface area contributed by atoms with Crippen LogP contribution in [0.2, 0.25) is 0 Å². The predicted octanol–water partition coefficient (Wildman–Crippen LogP) is 12.5. The van der Waals surface area contributed by atoms with Gasteiger partial charge in [0.25, 0.3) is 0 Å². The monoisotopic (exact) mass is 634 g/mol. The Balaban J connectivity index is 1.29. The molecule has 10 aromatic rings. The molecule has 0 saturated carbocycles. The highest BCUT2D eigenvalue weighted by atomic mass is 16.3. The maximum Gasteiger partial charge on any atom is 0.160 e. The zero-order valence-corrected chi connectivity index (χ0v) is 25.7. The highest BCUT2D eigenvalue weighted by Gasteiger charge is 2.18. The van der Waals surface area contributed by atoms with Crippen molar-refractivity contribution in [2.45, 2.75) is 0 Å². The molecule has 0 radical (unpaired) electrons. The molecule has 8 aromatic carbocycles. The van der Waals surface area contributed by atoms with Crippen LogP contribution < -0.4 is 0 Å². The normalized spacial score (nSPS) is 14.5. The summed E-state index contributed by atoms with van der Waals surface area (Å²) in [5, 5.41) is 6.38. The Morgan fingerprint density at radius 1 is 0.429 bits per heavy atom. The fourth-order valence-corrected chi connectivity index (χ4v) is 6.72. The van der Waals surface area contributed by atoms with Gasteiger partial charge in [0.15, 0.2) is 5.82 Å². The summed E-state index contributed by atoms with van der Waals surface area (Å²) in [6, 6.07) is 30.2. The van der Waals surface area contributed by atoms with Gasteiger partial charge in [-0.1, -0.05) is 139 Å². The summed E-state index contributed by atoms with van der Waals surface area (Å²) in [5.41, 5.74) is 1.51. The number of nitrogens with zero attached hydrogens (tertiary/aromatic N) is 2. The Kier molecular flexibility index (Phi) is 4.33. The first-order valence-corrected chi connectivity index (χ1v) is 15.8. The van der Waals surface area contributed by atoms with Gasteiger partial charge >= 0.3 is 0 Å². The molecule has 0 unspecified atom stereocenters. The summed E-state index contributed by atoms with van der Waals surface area (Å²) in [6.45, 7) is 0. The van der Waals surface area contributed by atoms with Crippen LogP contribution in [0.25, 0.3) is 99.3 Å². The molecule has 0 amide bonds. The lowest BCUT2D eigenvalue weighted by atomic mass is 9.92. The Morgan fingerprint density at radius 2 is 1.10 bits per heavy atom. The molecular weight excluding hydrogens is 597 g/mol. The molecule has 3 heteroatoms. The molecule has 0 saturated heterocycles. The lowest BCUT2D eigenvalue weighted by Gasteiger charge is -2.12. The van der Waals surface area contributed by atoms with E-state index < -0.39 is 30.2 Å². The van der Waals surface area contributed by atoms with Gasteiger partial charge in [-0.25, -0.2) is 9.97 Å². The molecule has 0 bridgehead atoms. The highest BCUT2D eigenvalue weighted by Crippen LogP contribution is 2.41. The summed E-state index contributed by atoms with van der Waals surface area (Å²) in [7, 11) is 0. The molecule has 0 aliphatic rings. The first kappa shape index (κ1) is 19.3. The van der Waals surface area contributed by atoms with Crippen molar-refractivity contribution in [3.8, 4) is 45.0 Å². The van der Waals surface area contributed by atoms with Gasteiger partial charge in [0.1, 0.15) is 11.2 Å². The standard InChI is InChI=1S/C46H28N2O/c1-3-12-29(13-4-1)41-28-42(48-46(47-41)30-14-5-2-6-15-30)38-20-11-21-44-45(38)40-27-32(23-25-43(40)49-44)31-22-24-37-35-18-8-7-16-33(35)34-17-9-10-19-36(34)39(37)26-31/h1-28H/i2D,5D,6D,14D,15D,20D,21D,23D,25D,27D. The van der Waals surface area contributed by atoms with Gasteiger partial charge in [0.2, 0.25) is 0 Å². The van der Waals surface area contributed by atoms with Crippen molar-refractivity contribution in [3.63, 3.8) is 0 Å². The van der Waals surface area contributed by atoms with Gasteiger partial charge in [-0.05, 0) is 73.7 Å². The maximum atomic E-state index is 9.77. The number of furan rings is 1. The predicted molar refractivity (Wildman–Crippen MR) is 204 cm³/mol. The minimum Gasteiger partial charge on any atom is -0.456 e. The molecule has 0 aliphatic heterocycles. The minimum atomic E-state index is -0.569. The molecular formula is C46H28N2O. The third kappa shape index (κ3) is 4.51. The topological polar surface area (TPSA) is 38.9 Å². The van der Waals surface area contributed by atoms with Crippen molar-refractivity contribution in [2.24, 2.45) is 0 Å². The van der Waals surface area contributed by atoms with E-state index in [1.54, 1.807) is 30.3 Å². The van der Waals surface area contributed by atoms with E-state index in [-0.39, 0.29) is 80.4 Å². The van der Waals surface area contributed by atoms with Crippen LogP contribution >= 0.6 is 0 Å². The van der Waals surface area contributed by atoms with Gasteiger partial charge in [0, 0.05) is 27.5 Å². The minimum absolute atomic E-state index is 0.0234. The van der Waals surface area contributed by atoms with E-state index >= 15 is 0 Å². The first-order valence-electron chi connectivity index (χ1n) is 20.8. The Labute approximate surface area is 296 Å². The third-order valence-electron chi connectivity index (χ3n) is 8.94. The largest absolute Gasteiger partial charge is 0.456 e. The van der Waals surface area contributed by atoms with E-state index in [0.717, 1.165) is 32.3 Å². The lowest BCUT2D eigenvalue weighted by Crippen LogP contribution is -1.96. The molecule has 0 aliphatic carbocycles. The molecule has 0 spiro atoms. The average Bonchev–Trinajstić information content (AvgIpc) is 3.66. The van der Waals surface area contributed by atoms with Crippen molar-refractivity contribution in [1.29, 1.82) is 0 Å². The SMILES string of the molecule is [2H]c1cc([2H])c2oc3c([2H])c([2H])c(-c4ccc5c6ccccc6c6ccccc6c5c4)c([2H])c3c2c1-c1cc(-c2ccccc2)nc(-c2c([2H])c([2H])c([2H])c([2H])c2[2H])n1. The average molecular weight is 635 g/mol. The van der Waals surface area contributed by atoms with Crippen LogP contribution in [0.3, 0.4) is 0 Å². The maximum absolute atomic E-state index is 9.77. The molecule has 49 heavy (non-hydrogen) atoms. The van der Waals surface area contributed by atoms with Gasteiger partial charge in [-0.15, -0.1) is 0 Å². The summed E-state index contributed by atoms with van der Waals surface area (Å²) in [4.78, 5) is 9.43. The van der Waals surface area contributed by atoms with Crippen LogP contribution in [0.4, 0.5) is 0 Å². The quantitative estimate of drug-likeness (QED) is 0.181. The van der Waals surface area contributed by atoms with Crippen LogP contribution in [0, 0.1) is 0 Å². The third-order valence-corrected chi connectivity index (χ3v) is 8.94. The van der Waals surface area contributed by atoms with Gasteiger partial charge in [0.05, 0.1) is 25.1 Å². The number of hydrogen-bond donors (Lipinski definition) is 0. The van der Waals surface area contributed by atoms with Crippen molar-refractivity contribution < 1.29 is 18.1 Å². The Hall–Kier alpha value is -6.58. The second-order valence-electron chi connectivity index (χ2n) is 11.7. The van der Waals surface area contributed by atoms with E-state index in [1.807, 2.05) is 54.6 Å². The molecule has 3 nitrogen and oxygen atoms in total. The molecule has 228 valence electrons. The Morgan fingerprint density at radius 3 is 1.86 bits per heavy atom. The molecule has 2 heterocycles. The highest BCUT2D eigenvalue weighted by molar-refractivity contribution is 6.25. The number of fused-ring (bicyclic) bond motifs is 9. The summed E-state index contributed by atoms with van der Waals surface area (Å²) in [6.07, 6.45) is 0. The molecule has 0 atom stereocenters. The van der Waals surface area contributed by atoms with E-state index in [9.17, 15) is 5.48 Å². The summed E-state index contributed by atoms with van der Waals surface area (Å²) < 4.78 is 94.9. The van der Waals surface area contributed by atoms with Gasteiger partial charge < -0.3 is 4.42 Å². The lowest BCUT2D eigenvalue weighted by molar-refractivity contribution is 0.669. The second kappa shape index (κ2) is 11.0. The van der Waals surface area contributed by atoms with E-state index in [4.69, 9.17) is 17.6 Å². The second-order valence-corrected chi connectivity index (χ2v) is 11.7. The van der Waals surface area contributed by atoms with Crippen LogP contribution in [0.15, 0.2) is 174 Å². The van der Waals surface area contributed by atoms with E-state index in [0.29, 0.717) is 16.8 Å². The van der Waals surface area contributed by atoms with Crippen LogP contribution in [0.5, 0.6) is 0 Å². The molecule has 10 rings (SSSR count). The fourth-order valence-electron chi connectivity index (χ4n) is 6.72. The zero-order chi connectivity index (χ0) is 41.0. The molecule has 0 N–H and O–H groups in total. The van der Waals surface area contributed by atoms with Crippen molar-refractivity contribution in [2.75, 3.05) is 0 Å². The number of rotatable bonds is 4. The van der Waals surface area contributed by atoms with Gasteiger partial charge in [-0.3, -0.25) is 0 Å². The fraction of sp³-hybridized carbons (Fsp3) is 0. The van der Waals surface area contributed by atoms with E-state index in [2.05, 4.69) is 23.2 Å². The molecule has 0 fully saturated rings. The summed E-state index contributed by atoms with van der Waals surface area (Å²) >= 11 is 0. The smallest absolute Gasteiger partial charge is 0.160 e. The van der Waals surface area contributed by atoms with Crippen molar-refractivity contribution >= 4 is 54.3 Å².